The van der Waals surface area contributed by atoms with Gasteiger partial charge in [0.15, 0.2) is 0 Å². The summed E-state index contributed by atoms with van der Waals surface area (Å²) in [6, 6.07) is 10.6. The summed E-state index contributed by atoms with van der Waals surface area (Å²) in [4.78, 5) is 12.1. The number of sulfonamides is 1. The highest BCUT2D eigenvalue weighted by molar-refractivity contribution is 7.92. The number of urea groups is 1. The molecule has 9 heteroatoms. The summed E-state index contributed by atoms with van der Waals surface area (Å²) in [7, 11) is -2.41. The van der Waals surface area contributed by atoms with Crippen LogP contribution in [0, 0.1) is 0 Å². The fourth-order valence-electron chi connectivity index (χ4n) is 3.26. The standard InChI is InChI=1S/C20H24ClN3O4S/c1-28-17-10-7-15(8-11-17)24-29(26,27)19-13-16(9-12-18(19)21)23-20(25)22-14-5-3-2-4-6-14/h7-14,24H,2-6H2,1H3,(H2,22,23,25). The molecule has 2 amide bonds. The number of benzene rings is 2. The number of anilines is 2. The van der Waals surface area contributed by atoms with Crippen LogP contribution in [-0.2, 0) is 10.0 Å². The predicted molar refractivity (Wildman–Crippen MR) is 114 cm³/mol. The molecule has 1 aliphatic rings. The predicted octanol–water partition coefficient (Wildman–Crippen LogP) is 4.60. The second-order valence-corrected chi connectivity index (χ2v) is 8.97. The van der Waals surface area contributed by atoms with Crippen molar-refractivity contribution >= 4 is 39.0 Å². The maximum atomic E-state index is 12.8. The summed E-state index contributed by atoms with van der Waals surface area (Å²) in [5.74, 6) is 0.612. The third-order valence-electron chi connectivity index (χ3n) is 4.76. The highest BCUT2D eigenvalue weighted by Crippen LogP contribution is 2.27. The number of carbonyl (C=O) groups is 1. The summed E-state index contributed by atoms with van der Waals surface area (Å²) in [6.45, 7) is 0. The molecule has 156 valence electrons. The lowest BCUT2D eigenvalue weighted by molar-refractivity contribution is 0.244. The molecule has 0 atom stereocenters. The summed E-state index contributed by atoms with van der Waals surface area (Å²) < 4.78 is 33.1. The van der Waals surface area contributed by atoms with E-state index in [0.717, 1.165) is 25.7 Å². The minimum atomic E-state index is -3.94. The number of hydrogen-bond acceptors (Lipinski definition) is 4. The SMILES string of the molecule is COc1ccc(NS(=O)(=O)c2cc(NC(=O)NC3CCCCC3)ccc2Cl)cc1. The van der Waals surface area contributed by atoms with Gasteiger partial charge in [-0.25, -0.2) is 13.2 Å². The van der Waals surface area contributed by atoms with Gasteiger partial charge in [-0.3, -0.25) is 4.72 Å². The lowest BCUT2D eigenvalue weighted by atomic mass is 9.96. The topological polar surface area (TPSA) is 96.5 Å². The van der Waals surface area contributed by atoms with E-state index in [0.29, 0.717) is 17.1 Å². The summed E-state index contributed by atoms with van der Waals surface area (Å²) in [5.41, 5.74) is 0.716. The zero-order valence-electron chi connectivity index (χ0n) is 16.1. The van der Waals surface area contributed by atoms with Crippen molar-refractivity contribution in [3.05, 3.63) is 47.5 Å². The van der Waals surface area contributed by atoms with Crippen LogP contribution in [0.1, 0.15) is 32.1 Å². The molecule has 2 aromatic rings. The molecule has 2 aromatic carbocycles. The lowest BCUT2D eigenvalue weighted by Gasteiger charge is -2.23. The van der Waals surface area contributed by atoms with E-state index in [9.17, 15) is 13.2 Å². The first-order valence-electron chi connectivity index (χ1n) is 9.41. The highest BCUT2D eigenvalue weighted by Gasteiger charge is 2.20. The molecule has 0 unspecified atom stereocenters. The second kappa shape index (κ2) is 9.37. The zero-order chi connectivity index (χ0) is 20.9. The first-order chi connectivity index (χ1) is 13.9. The van der Waals surface area contributed by atoms with Gasteiger partial charge >= 0.3 is 6.03 Å². The third kappa shape index (κ3) is 5.77. The number of halogens is 1. The molecule has 0 radical (unpaired) electrons. The second-order valence-electron chi connectivity index (χ2n) is 6.91. The molecule has 0 aromatic heterocycles. The third-order valence-corrected chi connectivity index (χ3v) is 6.62. The minimum absolute atomic E-state index is 0.0595. The Bertz CT molecular complexity index is 958. The van der Waals surface area contributed by atoms with E-state index in [1.807, 2.05) is 0 Å². The van der Waals surface area contributed by atoms with Gasteiger partial charge in [0, 0.05) is 17.4 Å². The number of carbonyl (C=O) groups excluding carboxylic acids is 1. The van der Waals surface area contributed by atoms with Gasteiger partial charge in [0.2, 0.25) is 0 Å². The molecule has 29 heavy (non-hydrogen) atoms. The van der Waals surface area contributed by atoms with E-state index >= 15 is 0 Å². The Balaban J connectivity index is 1.72. The molecule has 0 saturated heterocycles. The van der Waals surface area contributed by atoms with Crippen molar-refractivity contribution in [2.24, 2.45) is 0 Å². The Morgan fingerprint density at radius 1 is 1.03 bits per heavy atom. The summed E-state index contributed by atoms with van der Waals surface area (Å²) in [5, 5.41) is 5.68. The van der Waals surface area contributed by atoms with E-state index in [1.54, 1.807) is 30.3 Å². The highest BCUT2D eigenvalue weighted by atomic mass is 35.5. The van der Waals surface area contributed by atoms with Crippen LogP contribution in [0.3, 0.4) is 0 Å². The molecule has 7 nitrogen and oxygen atoms in total. The Morgan fingerprint density at radius 2 is 1.69 bits per heavy atom. The van der Waals surface area contributed by atoms with E-state index < -0.39 is 10.0 Å². The van der Waals surface area contributed by atoms with Gasteiger partial charge in [0.05, 0.1) is 12.1 Å². The number of amides is 2. The van der Waals surface area contributed by atoms with Gasteiger partial charge < -0.3 is 15.4 Å². The van der Waals surface area contributed by atoms with Gasteiger partial charge in [-0.2, -0.15) is 0 Å². The van der Waals surface area contributed by atoms with Gasteiger partial charge in [-0.05, 0) is 55.3 Å². The molecule has 0 heterocycles. The van der Waals surface area contributed by atoms with Gasteiger partial charge in [0.25, 0.3) is 10.0 Å². The maximum absolute atomic E-state index is 12.8. The Labute approximate surface area is 175 Å². The fraction of sp³-hybridized carbons (Fsp3) is 0.350. The minimum Gasteiger partial charge on any atom is -0.497 e. The van der Waals surface area contributed by atoms with Crippen LogP contribution in [0.2, 0.25) is 5.02 Å². The van der Waals surface area contributed by atoms with Gasteiger partial charge in [-0.1, -0.05) is 30.9 Å². The molecular formula is C20H24ClN3O4S. The van der Waals surface area contributed by atoms with Crippen molar-refractivity contribution in [1.82, 2.24) is 5.32 Å². The zero-order valence-corrected chi connectivity index (χ0v) is 17.6. The van der Waals surface area contributed by atoms with Crippen LogP contribution in [-0.4, -0.2) is 27.6 Å². The molecule has 1 fully saturated rings. The number of ether oxygens (including phenoxy) is 1. The molecule has 1 aliphatic carbocycles. The van der Waals surface area contributed by atoms with Crippen molar-refractivity contribution in [3.63, 3.8) is 0 Å². The van der Waals surface area contributed by atoms with E-state index in [2.05, 4.69) is 15.4 Å². The number of nitrogens with one attached hydrogen (secondary N) is 3. The molecular weight excluding hydrogens is 414 g/mol. The van der Waals surface area contributed by atoms with E-state index in [-0.39, 0.29) is 22.0 Å². The quantitative estimate of drug-likeness (QED) is 0.615. The number of rotatable bonds is 6. The van der Waals surface area contributed by atoms with Crippen molar-refractivity contribution < 1.29 is 17.9 Å². The average molecular weight is 438 g/mol. The molecule has 0 aliphatic heterocycles. The smallest absolute Gasteiger partial charge is 0.319 e. The lowest BCUT2D eigenvalue weighted by Crippen LogP contribution is -2.39. The monoisotopic (exact) mass is 437 g/mol. The number of hydrogen-bond donors (Lipinski definition) is 3. The Morgan fingerprint density at radius 3 is 2.34 bits per heavy atom. The molecule has 0 spiro atoms. The van der Waals surface area contributed by atoms with Crippen LogP contribution >= 0.6 is 11.6 Å². The maximum Gasteiger partial charge on any atom is 0.319 e. The fourth-order valence-corrected chi connectivity index (χ4v) is 4.84. The molecule has 1 saturated carbocycles. The summed E-state index contributed by atoms with van der Waals surface area (Å²) >= 11 is 6.12. The average Bonchev–Trinajstić information content (AvgIpc) is 2.70. The number of methoxy groups -OCH3 is 1. The first-order valence-corrected chi connectivity index (χ1v) is 11.3. The first kappa shape index (κ1) is 21.3. The largest absolute Gasteiger partial charge is 0.497 e. The van der Waals surface area contributed by atoms with Crippen LogP contribution in [0.4, 0.5) is 16.2 Å². The molecule has 3 N–H and O–H groups in total. The van der Waals surface area contributed by atoms with Crippen molar-refractivity contribution in [2.75, 3.05) is 17.1 Å². The van der Waals surface area contributed by atoms with Crippen molar-refractivity contribution in [1.29, 1.82) is 0 Å². The van der Waals surface area contributed by atoms with Crippen LogP contribution < -0.4 is 20.1 Å². The Hall–Kier alpha value is -2.45. The van der Waals surface area contributed by atoms with Crippen molar-refractivity contribution in [2.45, 2.75) is 43.0 Å². The normalized spacial score (nSPS) is 14.8. The Kier molecular flexibility index (Phi) is 6.87. The van der Waals surface area contributed by atoms with Crippen LogP contribution in [0.25, 0.3) is 0 Å². The van der Waals surface area contributed by atoms with E-state index in [1.165, 1.54) is 25.7 Å². The van der Waals surface area contributed by atoms with Crippen LogP contribution in [0.5, 0.6) is 5.75 Å². The van der Waals surface area contributed by atoms with Crippen molar-refractivity contribution in [3.8, 4) is 5.75 Å². The molecule has 3 rings (SSSR count). The summed E-state index contributed by atoms with van der Waals surface area (Å²) in [6.07, 6.45) is 5.31. The van der Waals surface area contributed by atoms with Crippen LogP contribution in [0.15, 0.2) is 47.4 Å². The van der Waals surface area contributed by atoms with Gasteiger partial charge in [0.1, 0.15) is 10.6 Å². The van der Waals surface area contributed by atoms with Gasteiger partial charge in [-0.15, -0.1) is 0 Å². The van der Waals surface area contributed by atoms with E-state index in [4.69, 9.17) is 16.3 Å². The molecule has 0 bridgehead atoms.